The molecule has 0 bridgehead atoms. The van der Waals surface area contributed by atoms with Crippen molar-refractivity contribution in [3.8, 4) is 0 Å². The third kappa shape index (κ3) is 5.04. The van der Waals surface area contributed by atoms with Gasteiger partial charge in [0.25, 0.3) is 5.91 Å². The van der Waals surface area contributed by atoms with Gasteiger partial charge in [-0.05, 0) is 41.3 Å². The quantitative estimate of drug-likeness (QED) is 0.661. The van der Waals surface area contributed by atoms with Crippen LogP contribution in [0.25, 0.3) is 10.2 Å². The van der Waals surface area contributed by atoms with E-state index in [1.54, 1.807) is 7.11 Å². The van der Waals surface area contributed by atoms with Crippen molar-refractivity contribution < 1.29 is 14.3 Å². The zero-order valence-corrected chi connectivity index (χ0v) is 18.8. The molecule has 2 aromatic carbocycles. The molecule has 0 aliphatic carbocycles. The number of carbonyl (C=O) groups is 2. The summed E-state index contributed by atoms with van der Waals surface area (Å²) in [6, 6.07) is 13.3. The lowest BCUT2D eigenvalue weighted by Crippen LogP contribution is -2.19. The topological polar surface area (TPSA) is 72.7 Å². The molecule has 1 N–H and O–H groups in total. The number of anilines is 1. The summed E-state index contributed by atoms with van der Waals surface area (Å²) in [6.07, 6.45) is 0. The zero-order valence-electron chi connectivity index (χ0n) is 18.0. The number of methoxy groups -OCH3 is 1. The highest BCUT2D eigenvalue weighted by Crippen LogP contribution is 2.23. The summed E-state index contributed by atoms with van der Waals surface area (Å²) in [5, 5.41) is 2.79. The van der Waals surface area contributed by atoms with Gasteiger partial charge in [-0.25, -0.2) is 0 Å². The van der Waals surface area contributed by atoms with E-state index in [2.05, 4.69) is 31.1 Å². The third-order valence-corrected chi connectivity index (χ3v) is 5.76. The number of fused-ring (bicyclic) bond motifs is 1. The monoisotopic (exact) mass is 425 g/mol. The van der Waals surface area contributed by atoms with Crippen LogP contribution in [0.5, 0.6) is 0 Å². The Morgan fingerprint density at radius 1 is 1.13 bits per heavy atom. The first-order valence-corrected chi connectivity index (χ1v) is 10.6. The number of hydrogen-bond acceptors (Lipinski definition) is 4. The van der Waals surface area contributed by atoms with Gasteiger partial charge in [0.15, 0.2) is 4.80 Å². The zero-order chi connectivity index (χ0) is 21.9. The minimum Gasteiger partial charge on any atom is -0.383 e. The molecular formula is C23H27N3O3S. The van der Waals surface area contributed by atoms with Crippen molar-refractivity contribution in [2.24, 2.45) is 4.99 Å². The Morgan fingerprint density at radius 2 is 1.83 bits per heavy atom. The average Bonchev–Trinajstić information content (AvgIpc) is 3.01. The minimum atomic E-state index is -0.282. The van der Waals surface area contributed by atoms with Crippen molar-refractivity contribution in [2.75, 3.05) is 19.0 Å². The molecule has 3 aromatic rings. The smallest absolute Gasteiger partial charge is 0.279 e. The van der Waals surface area contributed by atoms with Crippen LogP contribution in [0.15, 0.2) is 47.5 Å². The van der Waals surface area contributed by atoms with Gasteiger partial charge in [-0.15, -0.1) is 0 Å². The number of hydrogen-bond donors (Lipinski definition) is 1. The van der Waals surface area contributed by atoms with Crippen molar-refractivity contribution >= 4 is 39.1 Å². The van der Waals surface area contributed by atoms with Gasteiger partial charge in [-0.1, -0.05) is 44.2 Å². The predicted octanol–water partition coefficient (Wildman–Crippen LogP) is 4.35. The Bertz CT molecular complexity index is 1140. The van der Waals surface area contributed by atoms with Gasteiger partial charge in [0.1, 0.15) is 0 Å². The molecule has 0 unspecified atom stereocenters. The van der Waals surface area contributed by atoms with Crippen molar-refractivity contribution in [2.45, 2.75) is 39.7 Å². The minimum absolute atomic E-state index is 0.0268. The van der Waals surface area contributed by atoms with Gasteiger partial charge in [0, 0.05) is 31.8 Å². The Labute approximate surface area is 180 Å². The second-order valence-electron chi connectivity index (χ2n) is 8.14. The van der Waals surface area contributed by atoms with E-state index in [0.717, 1.165) is 10.2 Å². The van der Waals surface area contributed by atoms with Gasteiger partial charge in [0.2, 0.25) is 5.91 Å². The molecule has 2 amide bonds. The van der Waals surface area contributed by atoms with E-state index in [9.17, 15) is 9.59 Å². The molecule has 1 aromatic heterocycles. The first kappa shape index (κ1) is 21.9. The fraction of sp³-hybridized carbons (Fsp3) is 0.348. The number of aromatic nitrogens is 1. The molecule has 0 atom stereocenters. The number of ether oxygens (including phenoxy) is 1. The van der Waals surface area contributed by atoms with E-state index in [1.165, 1.54) is 23.8 Å². The van der Waals surface area contributed by atoms with Crippen LogP contribution in [0.2, 0.25) is 0 Å². The van der Waals surface area contributed by atoms with E-state index in [4.69, 9.17) is 4.74 Å². The maximum absolute atomic E-state index is 12.8. The summed E-state index contributed by atoms with van der Waals surface area (Å²) < 4.78 is 8.14. The molecule has 0 radical (unpaired) electrons. The number of nitrogens with zero attached hydrogens (tertiary/aromatic N) is 2. The molecule has 158 valence electrons. The van der Waals surface area contributed by atoms with Gasteiger partial charge < -0.3 is 14.6 Å². The molecule has 7 heteroatoms. The molecule has 0 aliphatic heterocycles. The number of rotatable bonds is 5. The lowest BCUT2D eigenvalue weighted by Gasteiger charge is -2.18. The molecule has 3 rings (SSSR count). The van der Waals surface area contributed by atoms with E-state index in [1.807, 2.05) is 47.0 Å². The molecule has 1 heterocycles. The van der Waals surface area contributed by atoms with Gasteiger partial charge in [-0.2, -0.15) is 4.99 Å². The molecule has 0 saturated carbocycles. The van der Waals surface area contributed by atoms with E-state index in [-0.39, 0.29) is 17.2 Å². The van der Waals surface area contributed by atoms with Crippen LogP contribution in [0.1, 0.15) is 43.6 Å². The van der Waals surface area contributed by atoms with Crippen LogP contribution >= 0.6 is 11.3 Å². The summed E-state index contributed by atoms with van der Waals surface area (Å²) >= 11 is 1.41. The van der Waals surface area contributed by atoms with Crippen LogP contribution in [0, 0.1) is 0 Å². The van der Waals surface area contributed by atoms with E-state index < -0.39 is 0 Å². The summed E-state index contributed by atoms with van der Waals surface area (Å²) in [7, 11) is 1.64. The average molecular weight is 426 g/mol. The Kier molecular flexibility index (Phi) is 6.53. The molecule has 0 saturated heterocycles. The lowest BCUT2D eigenvalue weighted by molar-refractivity contribution is -0.114. The number of carbonyl (C=O) groups excluding carboxylic acids is 2. The van der Waals surface area contributed by atoms with Crippen LogP contribution in [-0.2, 0) is 21.5 Å². The first-order chi connectivity index (χ1) is 14.2. The molecule has 0 fully saturated rings. The van der Waals surface area contributed by atoms with Crippen molar-refractivity contribution in [1.82, 2.24) is 4.57 Å². The molecule has 6 nitrogen and oxygen atoms in total. The van der Waals surface area contributed by atoms with Crippen LogP contribution in [0.4, 0.5) is 5.69 Å². The number of benzene rings is 2. The highest BCUT2D eigenvalue weighted by Gasteiger charge is 2.15. The van der Waals surface area contributed by atoms with Crippen LogP contribution in [-0.4, -0.2) is 30.1 Å². The van der Waals surface area contributed by atoms with Gasteiger partial charge in [-0.3, -0.25) is 9.59 Å². The predicted molar refractivity (Wildman–Crippen MR) is 121 cm³/mol. The Hall–Kier alpha value is -2.77. The highest BCUT2D eigenvalue weighted by atomic mass is 32.1. The van der Waals surface area contributed by atoms with Gasteiger partial charge in [0.05, 0.1) is 16.8 Å². The highest BCUT2D eigenvalue weighted by molar-refractivity contribution is 7.16. The maximum Gasteiger partial charge on any atom is 0.279 e. The third-order valence-electron chi connectivity index (χ3n) is 4.72. The standard InChI is InChI=1S/C23H27N3O3S/c1-15(27)24-18-10-11-19-20(14-18)30-22(26(19)12-13-29-5)25-21(28)16-6-8-17(9-7-16)23(2,3)4/h6-11,14H,12-13H2,1-5H3,(H,24,27). The summed E-state index contributed by atoms with van der Waals surface area (Å²) in [5.41, 5.74) is 3.41. The first-order valence-electron chi connectivity index (χ1n) is 9.78. The maximum atomic E-state index is 12.8. The lowest BCUT2D eigenvalue weighted by atomic mass is 9.87. The van der Waals surface area contributed by atoms with Crippen LogP contribution in [0.3, 0.4) is 0 Å². The SMILES string of the molecule is COCCn1c(=NC(=O)c2ccc(C(C)(C)C)cc2)sc2cc(NC(C)=O)ccc21. The molecular weight excluding hydrogens is 398 g/mol. The number of amides is 2. The Balaban J connectivity index is 2.02. The fourth-order valence-electron chi connectivity index (χ4n) is 3.10. The summed E-state index contributed by atoms with van der Waals surface area (Å²) in [6.45, 7) is 8.96. The second-order valence-corrected chi connectivity index (χ2v) is 9.15. The largest absolute Gasteiger partial charge is 0.383 e. The second kappa shape index (κ2) is 8.93. The van der Waals surface area contributed by atoms with E-state index in [0.29, 0.717) is 29.2 Å². The molecule has 0 spiro atoms. The van der Waals surface area contributed by atoms with Crippen molar-refractivity contribution in [1.29, 1.82) is 0 Å². The summed E-state index contributed by atoms with van der Waals surface area (Å²) in [4.78, 5) is 29.2. The van der Waals surface area contributed by atoms with Gasteiger partial charge >= 0.3 is 0 Å². The number of thiazole rings is 1. The number of nitrogens with one attached hydrogen (secondary N) is 1. The van der Waals surface area contributed by atoms with Crippen molar-refractivity contribution in [3.63, 3.8) is 0 Å². The molecule has 0 aliphatic rings. The van der Waals surface area contributed by atoms with Crippen molar-refractivity contribution in [3.05, 3.63) is 58.4 Å². The Morgan fingerprint density at radius 3 is 2.43 bits per heavy atom. The van der Waals surface area contributed by atoms with Crippen LogP contribution < -0.4 is 10.1 Å². The normalized spacial score (nSPS) is 12.4. The fourth-order valence-corrected chi connectivity index (χ4v) is 4.20. The summed E-state index contributed by atoms with van der Waals surface area (Å²) in [5.74, 6) is -0.410. The molecule has 30 heavy (non-hydrogen) atoms. The van der Waals surface area contributed by atoms with E-state index >= 15 is 0 Å².